The maximum Gasteiger partial charge on any atom is 0.313 e. The number of nitrogens with zero attached hydrogens (tertiary/aromatic N) is 2. The lowest BCUT2D eigenvalue weighted by Gasteiger charge is -2.14. The Morgan fingerprint density at radius 3 is 2.95 bits per heavy atom. The van der Waals surface area contributed by atoms with Gasteiger partial charge in [-0.3, -0.25) is 4.79 Å². The Morgan fingerprint density at radius 2 is 2.29 bits per heavy atom. The molecular formula is C14H17FN2O2S2. The van der Waals surface area contributed by atoms with Gasteiger partial charge in [0.25, 0.3) is 0 Å². The molecule has 1 heterocycles. The number of aliphatic carboxylic acids is 1. The van der Waals surface area contributed by atoms with Crippen molar-refractivity contribution in [1.82, 2.24) is 9.55 Å². The molecule has 0 saturated heterocycles. The second kappa shape index (κ2) is 7.17. The monoisotopic (exact) mass is 328 g/mol. The van der Waals surface area contributed by atoms with E-state index in [1.54, 1.807) is 17.8 Å². The summed E-state index contributed by atoms with van der Waals surface area (Å²) in [6.45, 7) is 2.82. The van der Waals surface area contributed by atoms with Gasteiger partial charge in [0.2, 0.25) is 0 Å². The molecule has 1 atom stereocenters. The minimum atomic E-state index is -0.887. The summed E-state index contributed by atoms with van der Waals surface area (Å²) in [5.41, 5.74) is 1.41. The van der Waals surface area contributed by atoms with Crippen molar-refractivity contribution in [3.8, 4) is 0 Å². The normalized spacial score (nSPS) is 12.7. The lowest BCUT2D eigenvalue weighted by Crippen LogP contribution is -2.11. The van der Waals surface area contributed by atoms with Crippen molar-refractivity contribution in [1.29, 1.82) is 0 Å². The largest absolute Gasteiger partial charge is 0.481 e. The Morgan fingerprint density at radius 1 is 1.52 bits per heavy atom. The van der Waals surface area contributed by atoms with E-state index >= 15 is 0 Å². The highest BCUT2D eigenvalue weighted by Gasteiger charge is 2.15. The summed E-state index contributed by atoms with van der Waals surface area (Å²) in [5.74, 6) is 0.128. The highest BCUT2D eigenvalue weighted by molar-refractivity contribution is 7.99. The van der Waals surface area contributed by atoms with Crippen LogP contribution in [0.4, 0.5) is 4.39 Å². The number of halogens is 1. The van der Waals surface area contributed by atoms with Crippen LogP contribution in [0.2, 0.25) is 0 Å². The lowest BCUT2D eigenvalue weighted by atomic mass is 10.2. The molecule has 1 unspecified atom stereocenters. The lowest BCUT2D eigenvalue weighted by molar-refractivity contribution is -0.133. The van der Waals surface area contributed by atoms with Crippen molar-refractivity contribution in [2.45, 2.75) is 18.6 Å². The molecule has 0 aliphatic carbocycles. The number of aromatic nitrogens is 2. The number of hydrogen-bond acceptors (Lipinski definition) is 4. The second-order valence-electron chi connectivity index (χ2n) is 4.88. The van der Waals surface area contributed by atoms with Crippen LogP contribution in [0.5, 0.6) is 0 Å². The first-order chi connectivity index (χ1) is 10.0. The molecule has 114 valence electrons. The van der Waals surface area contributed by atoms with Crippen LogP contribution in [-0.4, -0.2) is 38.4 Å². The van der Waals surface area contributed by atoms with Crippen LogP contribution in [-0.2, 0) is 11.3 Å². The Kier molecular flexibility index (Phi) is 5.52. The number of benzene rings is 1. The molecular weight excluding hydrogens is 311 g/mol. The average molecular weight is 328 g/mol. The van der Waals surface area contributed by atoms with E-state index in [0.29, 0.717) is 23.1 Å². The first-order valence-corrected chi connectivity index (χ1v) is 8.88. The summed E-state index contributed by atoms with van der Waals surface area (Å²) in [6.07, 6.45) is 2.04. The fourth-order valence-electron chi connectivity index (χ4n) is 2.14. The Bertz CT molecular complexity index is 645. The zero-order chi connectivity index (χ0) is 15.4. The van der Waals surface area contributed by atoms with E-state index in [0.717, 1.165) is 11.3 Å². The molecule has 1 aromatic carbocycles. The number of carboxylic acids is 1. The highest BCUT2D eigenvalue weighted by Crippen LogP contribution is 2.26. The molecule has 21 heavy (non-hydrogen) atoms. The van der Waals surface area contributed by atoms with Crippen LogP contribution in [0.3, 0.4) is 0 Å². The van der Waals surface area contributed by atoms with Gasteiger partial charge >= 0.3 is 5.97 Å². The molecule has 0 amide bonds. The Labute approximate surface area is 131 Å². The third-order valence-corrected chi connectivity index (χ3v) is 4.81. The zero-order valence-corrected chi connectivity index (χ0v) is 13.5. The van der Waals surface area contributed by atoms with Crippen molar-refractivity contribution in [2.24, 2.45) is 5.92 Å². The molecule has 0 saturated carbocycles. The maximum atomic E-state index is 13.5. The molecule has 0 aliphatic heterocycles. The van der Waals surface area contributed by atoms with E-state index in [1.807, 2.05) is 10.8 Å². The molecule has 1 aromatic heterocycles. The predicted octanol–water partition coefficient (Wildman–Crippen LogP) is 3.35. The van der Waals surface area contributed by atoms with E-state index in [2.05, 4.69) is 11.9 Å². The fourth-order valence-corrected chi connectivity index (χ4v) is 3.55. The summed E-state index contributed by atoms with van der Waals surface area (Å²) < 4.78 is 15.4. The molecule has 0 radical (unpaired) electrons. The first kappa shape index (κ1) is 16.2. The van der Waals surface area contributed by atoms with Gasteiger partial charge in [0, 0.05) is 6.54 Å². The Balaban J connectivity index is 2.37. The number of carboxylic acid groups (broad SMARTS) is 1. The number of thioether (sulfide) groups is 2. The van der Waals surface area contributed by atoms with Crippen molar-refractivity contribution in [3.05, 3.63) is 24.0 Å². The third-order valence-electron chi connectivity index (χ3n) is 2.95. The molecule has 1 N–H and O–H groups in total. The molecule has 0 spiro atoms. The average Bonchev–Trinajstić information content (AvgIpc) is 2.74. The zero-order valence-electron chi connectivity index (χ0n) is 11.9. The molecule has 0 bridgehead atoms. The van der Waals surface area contributed by atoms with Gasteiger partial charge in [-0.1, -0.05) is 18.7 Å². The summed E-state index contributed by atoms with van der Waals surface area (Å²) in [4.78, 5) is 15.2. The van der Waals surface area contributed by atoms with Crippen LogP contribution < -0.4 is 0 Å². The number of imidazole rings is 1. The molecule has 4 nitrogen and oxygen atoms in total. The highest BCUT2D eigenvalue weighted by atomic mass is 32.2. The van der Waals surface area contributed by atoms with Gasteiger partial charge in [-0.25, -0.2) is 9.37 Å². The van der Waals surface area contributed by atoms with Gasteiger partial charge in [-0.15, -0.1) is 0 Å². The van der Waals surface area contributed by atoms with E-state index < -0.39 is 5.97 Å². The van der Waals surface area contributed by atoms with Gasteiger partial charge in [-0.2, -0.15) is 11.8 Å². The van der Waals surface area contributed by atoms with Gasteiger partial charge in [0.15, 0.2) is 5.16 Å². The third kappa shape index (κ3) is 4.14. The summed E-state index contributed by atoms with van der Waals surface area (Å²) >= 11 is 2.93. The molecule has 2 rings (SSSR count). The second-order valence-corrected chi connectivity index (χ2v) is 6.73. The first-order valence-electron chi connectivity index (χ1n) is 6.50. The van der Waals surface area contributed by atoms with Gasteiger partial charge in [0.05, 0.1) is 16.8 Å². The van der Waals surface area contributed by atoms with E-state index in [-0.39, 0.29) is 11.6 Å². The summed E-state index contributed by atoms with van der Waals surface area (Å²) in [5, 5.41) is 9.46. The number of hydrogen-bond donors (Lipinski definition) is 1. The standard InChI is InChI=1S/C14H17FN2O2S2/c1-9(7-20-2)6-17-12-5-10(15)3-4-11(12)16-14(17)21-8-13(18)19/h3-5,9H,6-8H2,1-2H3,(H,18,19). The number of carbonyl (C=O) groups is 1. The van der Waals surface area contributed by atoms with E-state index in [9.17, 15) is 9.18 Å². The molecule has 0 aliphatic rings. The van der Waals surface area contributed by atoms with Gasteiger partial charge in [-0.05, 0) is 36.1 Å². The Hall–Kier alpha value is -1.21. The van der Waals surface area contributed by atoms with Crippen molar-refractivity contribution < 1.29 is 14.3 Å². The molecule has 2 aromatic rings. The van der Waals surface area contributed by atoms with E-state index in [1.165, 1.54) is 23.9 Å². The summed E-state index contributed by atoms with van der Waals surface area (Å²) in [7, 11) is 0. The summed E-state index contributed by atoms with van der Waals surface area (Å²) in [6, 6.07) is 4.46. The van der Waals surface area contributed by atoms with Crippen LogP contribution >= 0.6 is 23.5 Å². The maximum absolute atomic E-state index is 13.5. The molecule has 7 heteroatoms. The topological polar surface area (TPSA) is 55.1 Å². The molecule has 0 fully saturated rings. The quantitative estimate of drug-likeness (QED) is 0.790. The van der Waals surface area contributed by atoms with Crippen LogP contribution in [0.25, 0.3) is 11.0 Å². The van der Waals surface area contributed by atoms with E-state index in [4.69, 9.17) is 5.11 Å². The van der Waals surface area contributed by atoms with Crippen molar-refractivity contribution in [2.75, 3.05) is 17.8 Å². The van der Waals surface area contributed by atoms with Gasteiger partial charge < -0.3 is 9.67 Å². The number of fused-ring (bicyclic) bond motifs is 1. The van der Waals surface area contributed by atoms with Crippen LogP contribution in [0, 0.1) is 11.7 Å². The SMILES string of the molecule is CSCC(C)Cn1c(SCC(=O)O)nc2ccc(F)cc21. The smallest absolute Gasteiger partial charge is 0.313 e. The van der Waals surface area contributed by atoms with Crippen LogP contribution in [0.15, 0.2) is 23.4 Å². The number of rotatable bonds is 7. The van der Waals surface area contributed by atoms with Crippen LogP contribution in [0.1, 0.15) is 6.92 Å². The minimum Gasteiger partial charge on any atom is -0.481 e. The van der Waals surface area contributed by atoms with Crippen molar-refractivity contribution in [3.63, 3.8) is 0 Å². The van der Waals surface area contributed by atoms with Gasteiger partial charge in [0.1, 0.15) is 5.82 Å². The van der Waals surface area contributed by atoms with Crippen molar-refractivity contribution >= 4 is 40.5 Å². The minimum absolute atomic E-state index is 0.0529. The fraction of sp³-hybridized carbons (Fsp3) is 0.429. The predicted molar refractivity (Wildman–Crippen MR) is 85.6 cm³/mol.